The molecule has 0 saturated heterocycles. The Labute approximate surface area is 115 Å². The van der Waals surface area contributed by atoms with Gasteiger partial charge in [-0.15, -0.1) is 0 Å². The maximum absolute atomic E-state index is 11.8. The molecule has 0 aromatic rings. The van der Waals surface area contributed by atoms with Gasteiger partial charge in [0.05, 0.1) is 13.2 Å². The number of ether oxygens (including phenoxy) is 1. The van der Waals surface area contributed by atoms with Crippen LogP contribution in [0.1, 0.15) is 26.2 Å². The van der Waals surface area contributed by atoms with Crippen molar-refractivity contribution in [3.8, 4) is 0 Å². The van der Waals surface area contributed by atoms with E-state index in [1.807, 2.05) is 0 Å². The fraction of sp³-hybridized carbons (Fsp3) is 0.846. The Hall–Kier alpha value is -1.14. The van der Waals surface area contributed by atoms with Gasteiger partial charge in [0.25, 0.3) is 0 Å². The van der Waals surface area contributed by atoms with Crippen LogP contribution in [0.5, 0.6) is 0 Å². The second-order valence-corrected chi connectivity index (χ2v) is 4.81. The average Bonchev–Trinajstić information content (AvgIpc) is 2.36. The number of rotatable bonds is 10. The standard InChI is InChI=1S/C13H27N3O3/c1-11(6-7-14)4-5-13(18)16(2)10-12(17)15-8-9-19-3/h11H,4-10,14H2,1-3H3,(H,15,17). The summed E-state index contributed by atoms with van der Waals surface area (Å²) in [5.41, 5.74) is 5.46. The second kappa shape index (κ2) is 10.8. The molecule has 0 spiro atoms. The Bertz CT molecular complexity index is 272. The number of hydrogen-bond donors (Lipinski definition) is 2. The van der Waals surface area contributed by atoms with Crippen molar-refractivity contribution >= 4 is 11.8 Å². The molecule has 1 atom stereocenters. The van der Waals surface area contributed by atoms with Crippen molar-refractivity contribution in [2.45, 2.75) is 26.2 Å². The molecule has 0 aromatic heterocycles. The van der Waals surface area contributed by atoms with Crippen molar-refractivity contribution in [1.29, 1.82) is 0 Å². The van der Waals surface area contributed by atoms with Crippen LogP contribution in [0.15, 0.2) is 0 Å². The zero-order valence-corrected chi connectivity index (χ0v) is 12.3. The maximum atomic E-state index is 11.8. The molecule has 0 bridgehead atoms. The van der Waals surface area contributed by atoms with Crippen molar-refractivity contribution < 1.29 is 14.3 Å². The third-order valence-electron chi connectivity index (χ3n) is 2.95. The smallest absolute Gasteiger partial charge is 0.239 e. The Morgan fingerprint density at radius 2 is 2.05 bits per heavy atom. The molecule has 6 nitrogen and oxygen atoms in total. The highest BCUT2D eigenvalue weighted by Gasteiger charge is 2.13. The molecule has 2 amide bonds. The first-order chi connectivity index (χ1) is 9.01. The first kappa shape index (κ1) is 17.9. The predicted octanol–water partition coefficient (Wildman–Crippen LogP) is -0.0275. The summed E-state index contributed by atoms with van der Waals surface area (Å²) in [5.74, 6) is 0.270. The summed E-state index contributed by atoms with van der Waals surface area (Å²) in [5, 5.41) is 2.68. The topological polar surface area (TPSA) is 84.7 Å². The van der Waals surface area contributed by atoms with Gasteiger partial charge in [-0.2, -0.15) is 0 Å². The molecule has 3 N–H and O–H groups in total. The Balaban J connectivity index is 3.83. The lowest BCUT2D eigenvalue weighted by atomic mass is 10.0. The normalized spacial score (nSPS) is 12.0. The van der Waals surface area contributed by atoms with E-state index in [0.29, 0.717) is 32.0 Å². The van der Waals surface area contributed by atoms with Gasteiger partial charge in [-0.25, -0.2) is 0 Å². The number of carbonyl (C=O) groups excluding carboxylic acids is 2. The summed E-state index contributed by atoms with van der Waals surface area (Å²) < 4.78 is 4.83. The van der Waals surface area contributed by atoms with Crippen LogP contribution in [0.2, 0.25) is 0 Å². The zero-order chi connectivity index (χ0) is 14.7. The molecule has 19 heavy (non-hydrogen) atoms. The van der Waals surface area contributed by atoms with E-state index in [-0.39, 0.29) is 18.4 Å². The van der Waals surface area contributed by atoms with Gasteiger partial charge in [-0.1, -0.05) is 6.92 Å². The lowest BCUT2D eigenvalue weighted by Crippen LogP contribution is -2.39. The number of nitrogens with zero attached hydrogens (tertiary/aromatic N) is 1. The fourth-order valence-corrected chi connectivity index (χ4v) is 1.64. The minimum atomic E-state index is -0.164. The van der Waals surface area contributed by atoms with E-state index >= 15 is 0 Å². The van der Waals surface area contributed by atoms with Gasteiger partial charge in [0.2, 0.25) is 11.8 Å². The van der Waals surface area contributed by atoms with Gasteiger partial charge in [0, 0.05) is 27.1 Å². The van der Waals surface area contributed by atoms with Crippen LogP contribution >= 0.6 is 0 Å². The number of nitrogens with one attached hydrogen (secondary N) is 1. The summed E-state index contributed by atoms with van der Waals surface area (Å²) in [7, 11) is 3.22. The van der Waals surface area contributed by atoms with E-state index in [0.717, 1.165) is 12.8 Å². The van der Waals surface area contributed by atoms with E-state index in [1.54, 1.807) is 14.2 Å². The second-order valence-electron chi connectivity index (χ2n) is 4.81. The summed E-state index contributed by atoms with van der Waals surface area (Å²) in [6.45, 7) is 3.75. The molecule has 0 radical (unpaired) electrons. The van der Waals surface area contributed by atoms with Crippen LogP contribution in [0.4, 0.5) is 0 Å². The first-order valence-corrected chi connectivity index (χ1v) is 6.70. The van der Waals surface area contributed by atoms with Crippen LogP contribution in [0.3, 0.4) is 0 Å². The lowest BCUT2D eigenvalue weighted by Gasteiger charge is -2.18. The highest BCUT2D eigenvalue weighted by molar-refractivity contribution is 5.84. The van der Waals surface area contributed by atoms with Crippen molar-refractivity contribution in [3.05, 3.63) is 0 Å². The average molecular weight is 273 g/mol. The van der Waals surface area contributed by atoms with Gasteiger partial charge >= 0.3 is 0 Å². The Kier molecular flexibility index (Phi) is 10.1. The molecular formula is C13H27N3O3. The van der Waals surface area contributed by atoms with Crippen molar-refractivity contribution in [2.75, 3.05) is 40.4 Å². The van der Waals surface area contributed by atoms with E-state index in [9.17, 15) is 9.59 Å². The highest BCUT2D eigenvalue weighted by Crippen LogP contribution is 2.10. The first-order valence-electron chi connectivity index (χ1n) is 6.70. The number of methoxy groups -OCH3 is 1. The van der Waals surface area contributed by atoms with Crippen molar-refractivity contribution in [1.82, 2.24) is 10.2 Å². The summed E-state index contributed by atoms with van der Waals surface area (Å²) in [4.78, 5) is 24.8. The van der Waals surface area contributed by atoms with Crippen LogP contribution < -0.4 is 11.1 Å². The van der Waals surface area contributed by atoms with Gasteiger partial charge in [-0.05, 0) is 25.3 Å². The molecule has 0 rings (SSSR count). The van der Waals surface area contributed by atoms with Gasteiger partial charge in [0.15, 0.2) is 0 Å². The minimum Gasteiger partial charge on any atom is -0.383 e. The quantitative estimate of drug-likeness (QED) is 0.548. The lowest BCUT2D eigenvalue weighted by molar-refractivity contribution is -0.135. The Morgan fingerprint density at radius 1 is 1.37 bits per heavy atom. The molecule has 0 saturated carbocycles. The van der Waals surface area contributed by atoms with E-state index in [2.05, 4.69) is 12.2 Å². The van der Waals surface area contributed by atoms with Crippen LogP contribution in [-0.4, -0.2) is 57.1 Å². The van der Waals surface area contributed by atoms with Crippen LogP contribution in [0, 0.1) is 5.92 Å². The molecule has 0 fully saturated rings. The molecule has 0 aromatic carbocycles. The number of nitrogens with two attached hydrogens (primary N) is 1. The van der Waals surface area contributed by atoms with Gasteiger partial charge < -0.3 is 20.7 Å². The molecular weight excluding hydrogens is 246 g/mol. The van der Waals surface area contributed by atoms with Gasteiger partial charge in [0.1, 0.15) is 0 Å². The molecule has 112 valence electrons. The third kappa shape index (κ3) is 9.44. The van der Waals surface area contributed by atoms with Crippen molar-refractivity contribution in [3.63, 3.8) is 0 Å². The number of hydrogen-bond acceptors (Lipinski definition) is 4. The maximum Gasteiger partial charge on any atom is 0.239 e. The summed E-state index contributed by atoms with van der Waals surface area (Å²) >= 11 is 0. The third-order valence-corrected chi connectivity index (χ3v) is 2.95. The Morgan fingerprint density at radius 3 is 2.63 bits per heavy atom. The van der Waals surface area contributed by atoms with Crippen LogP contribution in [0.25, 0.3) is 0 Å². The molecule has 0 aliphatic carbocycles. The SMILES string of the molecule is COCCNC(=O)CN(C)C(=O)CCC(C)CCN. The molecule has 1 unspecified atom stereocenters. The van der Waals surface area contributed by atoms with Gasteiger partial charge in [-0.3, -0.25) is 9.59 Å². The van der Waals surface area contributed by atoms with Crippen LogP contribution in [-0.2, 0) is 14.3 Å². The molecule has 0 aliphatic rings. The molecule has 6 heteroatoms. The molecule has 0 heterocycles. The van der Waals surface area contributed by atoms with E-state index in [4.69, 9.17) is 10.5 Å². The minimum absolute atomic E-state index is 0.00855. The molecule has 0 aliphatic heterocycles. The summed E-state index contributed by atoms with van der Waals surface area (Å²) in [6, 6.07) is 0. The van der Waals surface area contributed by atoms with E-state index in [1.165, 1.54) is 4.90 Å². The largest absolute Gasteiger partial charge is 0.383 e. The van der Waals surface area contributed by atoms with Crippen molar-refractivity contribution in [2.24, 2.45) is 11.7 Å². The van der Waals surface area contributed by atoms with E-state index < -0.39 is 0 Å². The fourth-order valence-electron chi connectivity index (χ4n) is 1.64. The number of carbonyl (C=O) groups is 2. The summed E-state index contributed by atoms with van der Waals surface area (Å²) in [6.07, 6.45) is 2.20. The monoisotopic (exact) mass is 273 g/mol. The number of amides is 2. The highest BCUT2D eigenvalue weighted by atomic mass is 16.5. The predicted molar refractivity (Wildman–Crippen MR) is 74.6 cm³/mol. The number of likely N-dealkylation sites (N-methyl/N-ethyl adjacent to an activating group) is 1. The zero-order valence-electron chi connectivity index (χ0n) is 12.3.